The second-order valence-electron chi connectivity index (χ2n) is 7.23. The van der Waals surface area contributed by atoms with E-state index >= 15 is 0 Å². The number of carbonyl (C=O) groups excluding carboxylic acids is 1. The van der Waals surface area contributed by atoms with Crippen molar-refractivity contribution in [3.05, 3.63) is 77.6 Å². The van der Waals surface area contributed by atoms with E-state index in [4.69, 9.17) is 10.2 Å². The van der Waals surface area contributed by atoms with E-state index in [1.807, 2.05) is 30.2 Å². The molecule has 6 heteroatoms. The van der Waals surface area contributed by atoms with E-state index in [0.29, 0.717) is 17.7 Å². The van der Waals surface area contributed by atoms with Crippen LogP contribution in [0.1, 0.15) is 46.2 Å². The van der Waals surface area contributed by atoms with E-state index < -0.39 is 0 Å². The number of piperidine rings is 1. The fraction of sp³-hybridized carbons (Fsp3) is 0.261. The Morgan fingerprint density at radius 1 is 1.17 bits per heavy atom. The molecule has 144 valence electrons. The summed E-state index contributed by atoms with van der Waals surface area (Å²) < 4.78 is 0. The highest BCUT2D eigenvalue weighted by atomic mass is 16.2. The Bertz CT molecular complexity index is 1060. The van der Waals surface area contributed by atoms with Gasteiger partial charge in [0.2, 0.25) is 0 Å². The van der Waals surface area contributed by atoms with Crippen LogP contribution in [-0.4, -0.2) is 38.8 Å². The highest BCUT2D eigenvalue weighted by Gasteiger charge is 2.28. The zero-order chi connectivity index (χ0) is 20.2. The van der Waals surface area contributed by atoms with Gasteiger partial charge in [0.15, 0.2) is 0 Å². The second kappa shape index (κ2) is 8.19. The molecule has 1 aliphatic rings. The molecule has 0 unspecified atom stereocenters. The fourth-order valence-electron chi connectivity index (χ4n) is 3.81. The average molecular weight is 383 g/mol. The Labute approximate surface area is 169 Å². The molecule has 0 aliphatic carbocycles. The molecule has 3 heterocycles. The zero-order valence-corrected chi connectivity index (χ0v) is 16.2. The number of hydrogen-bond acceptors (Lipinski definition) is 5. The number of rotatable bonds is 3. The fourth-order valence-corrected chi connectivity index (χ4v) is 3.81. The van der Waals surface area contributed by atoms with Crippen LogP contribution in [-0.2, 0) is 0 Å². The smallest absolute Gasteiger partial charge is 0.253 e. The van der Waals surface area contributed by atoms with Crippen molar-refractivity contribution in [1.82, 2.24) is 19.9 Å². The molecule has 1 aromatic carbocycles. The van der Waals surface area contributed by atoms with Crippen molar-refractivity contribution < 1.29 is 4.79 Å². The normalized spacial score (nSPS) is 16.3. The Balaban J connectivity index is 1.61. The summed E-state index contributed by atoms with van der Waals surface area (Å²) in [4.78, 5) is 28.1. The summed E-state index contributed by atoms with van der Waals surface area (Å²) in [6.45, 7) is 3.24. The maximum atomic E-state index is 13.0. The molecule has 29 heavy (non-hydrogen) atoms. The predicted molar refractivity (Wildman–Crippen MR) is 109 cm³/mol. The number of amides is 1. The van der Waals surface area contributed by atoms with Crippen molar-refractivity contribution in [2.24, 2.45) is 0 Å². The molecule has 0 radical (unpaired) electrons. The summed E-state index contributed by atoms with van der Waals surface area (Å²) in [6, 6.07) is 12.8. The van der Waals surface area contributed by atoms with Gasteiger partial charge in [0.05, 0.1) is 17.3 Å². The van der Waals surface area contributed by atoms with Gasteiger partial charge in [-0.2, -0.15) is 5.26 Å². The maximum absolute atomic E-state index is 13.0. The van der Waals surface area contributed by atoms with Gasteiger partial charge < -0.3 is 4.90 Å². The lowest BCUT2D eigenvalue weighted by Gasteiger charge is -2.33. The maximum Gasteiger partial charge on any atom is 0.253 e. The summed E-state index contributed by atoms with van der Waals surface area (Å²) in [5.74, 6) is 0.875. The van der Waals surface area contributed by atoms with E-state index in [2.05, 4.69) is 16.0 Å². The lowest BCUT2D eigenvalue weighted by atomic mass is 9.89. The van der Waals surface area contributed by atoms with Gasteiger partial charge >= 0.3 is 0 Å². The minimum absolute atomic E-state index is 0.00423. The largest absolute Gasteiger partial charge is 0.338 e. The van der Waals surface area contributed by atoms with Crippen LogP contribution in [0.3, 0.4) is 0 Å². The molecule has 1 saturated heterocycles. The van der Waals surface area contributed by atoms with Gasteiger partial charge in [-0.25, -0.2) is 9.97 Å². The van der Waals surface area contributed by atoms with E-state index in [1.54, 1.807) is 36.7 Å². The first kappa shape index (κ1) is 18.8. The minimum Gasteiger partial charge on any atom is -0.338 e. The van der Waals surface area contributed by atoms with Gasteiger partial charge in [-0.3, -0.25) is 9.78 Å². The average Bonchev–Trinajstić information content (AvgIpc) is 2.79. The number of carbonyl (C=O) groups is 1. The molecule has 4 rings (SSSR count). The molecule has 6 nitrogen and oxygen atoms in total. The Kier molecular flexibility index (Phi) is 5.30. The van der Waals surface area contributed by atoms with Crippen molar-refractivity contribution in [2.75, 3.05) is 13.1 Å². The summed E-state index contributed by atoms with van der Waals surface area (Å²) in [6.07, 6.45) is 7.30. The molecule has 1 fully saturated rings. The van der Waals surface area contributed by atoms with Crippen LogP contribution in [0.15, 0.2) is 55.0 Å². The van der Waals surface area contributed by atoms with Crippen molar-refractivity contribution in [1.29, 1.82) is 5.26 Å². The molecule has 1 amide bonds. The standard InChI is InChI=1S/C23H21N5O/c1-16-26-14-21(18-8-10-25-11-9-18)22(27-16)20-3-2-12-28(15-20)23(29)19-6-4-17(13-24)5-7-19/h4-11,14,20H,2-3,12,15H2,1H3/t20-/m0/s1. The van der Waals surface area contributed by atoms with Crippen molar-refractivity contribution >= 4 is 5.91 Å². The number of hydrogen-bond donors (Lipinski definition) is 0. The van der Waals surface area contributed by atoms with E-state index in [0.717, 1.165) is 42.0 Å². The number of nitrogens with zero attached hydrogens (tertiary/aromatic N) is 5. The first-order valence-electron chi connectivity index (χ1n) is 9.69. The summed E-state index contributed by atoms with van der Waals surface area (Å²) in [5, 5.41) is 8.96. The molecule has 0 N–H and O–H groups in total. The van der Waals surface area contributed by atoms with E-state index in [1.165, 1.54) is 0 Å². The quantitative estimate of drug-likeness (QED) is 0.688. The van der Waals surface area contributed by atoms with Crippen molar-refractivity contribution in [3.8, 4) is 17.2 Å². The van der Waals surface area contributed by atoms with Crippen LogP contribution in [0.5, 0.6) is 0 Å². The number of pyridine rings is 1. The summed E-state index contributed by atoms with van der Waals surface area (Å²) >= 11 is 0. The van der Waals surface area contributed by atoms with Crippen LogP contribution in [0.4, 0.5) is 0 Å². The lowest BCUT2D eigenvalue weighted by Crippen LogP contribution is -2.39. The first-order chi connectivity index (χ1) is 14.2. The van der Waals surface area contributed by atoms with Gasteiger partial charge in [0, 0.05) is 48.7 Å². The second-order valence-corrected chi connectivity index (χ2v) is 7.23. The molecule has 3 aromatic rings. The molecule has 0 saturated carbocycles. The van der Waals surface area contributed by atoms with Crippen LogP contribution in [0, 0.1) is 18.3 Å². The number of aryl methyl sites for hydroxylation is 1. The number of likely N-dealkylation sites (tertiary alicyclic amines) is 1. The topological polar surface area (TPSA) is 82.8 Å². The monoisotopic (exact) mass is 383 g/mol. The van der Waals surface area contributed by atoms with Gasteiger partial charge in [-0.15, -0.1) is 0 Å². The van der Waals surface area contributed by atoms with Crippen LogP contribution in [0.25, 0.3) is 11.1 Å². The molecular formula is C23H21N5O. The molecular weight excluding hydrogens is 362 g/mol. The third-order valence-corrected chi connectivity index (χ3v) is 5.29. The molecule has 1 aliphatic heterocycles. The molecule has 0 bridgehead atoms. The number of benzene rings is 1. The van der Waals surface area contributed by atoms with Crippen LogP contribution >= 0.6 is 0 Å². The third kappa shape index (κ3) is 3.99. The van der Waals surface area contributed by atoms with Gasteiger partial charge in [-0.05, 0) is 61.7 Å². The van der Waals surface area contributed by atoms with Crippen molar-refractivity contribution in [2.45, 2.75) is 25.7 Å². The Morgan fingerprint density at radius 2 is 1.93 bits per heavy atom. The van der Waals surface area contributed by atoms with Crippen LogP contribution < -0.4 is 0 Å². The SMILES string of the molecule is Cc1ncc(-c2ccncc2)c([C@H]2CCCN(C(=O)c3ccc(C#N)cc3)C2)n1. The van der Waals surface area contributed by atoms with Crippen molar-refractivity contribution in [3.63, 3.8) is 0 Å². The highest BCUT2D eigenvalue weighted by molar-refractivity contribution is 5.94. The van der Waals surface area contributed by atoms with Gasteiger partial charge in [0.25, 0.3) is 5.91 Å². The Morgan fingerprint density at radius 3 is 2.66 bits per heavy atom. The molecule has 2 aromatic heterocycles. The molecule has 0 spiro atoms. The summed E-state index contributed by atoms with van der Waals surface area (Å²) in [7, 11) is 0. The van der Waals surface area contributed by atoms with E-state index in [-0.39, 0.29) is 11.8 Å². The Hall–Kier alpha value is -3.59. The lowest BCUT2D eigenvalue weighted by molar-refractivity contribution is 0.0706. The third-order valence-electron chi connectivity index (χ3n) is 5.29. The zero-order valence-electron chi connectivity index (χ0n) is 16.2. The van der Waals surface area contributed by atoms with Gasteiger partial charge in [-0.1, -0.05) is 0 Å². The predicted octanol–water partition coefficient (Wildman–Crippen LogP) is 3.74. The minimum atomic E-state index is -0.00423. The highest BCUT2D eigenvalue weighted by Crippen LogP contribution is 2.33. The first-order valence-corrected chi connectivity index (χ1v) is 9.69. The van der Waals surface area contributed by atoms with Gasteiger partial charge in [0.1, 0.15) is 5.82 Å². The van der Waals surface area contributed by atoms with Crippen LogP contribution in [0.2, 0.25) is 0 Å². The number of aromatic nitrogens is 3. The van der Waals surface area contributed by atoms with E-state index in [9.17, 15) is 4.79 Å². The number of nitriles is 1. The molecule has 1 atom stereocenters. The summed E-state index contributed by atoms with van der Waals surface area (Å²) in [5.41, 5.74) is 4.18.